The molecule has 2 saturated carbocycles. The lowest BCUT2D eigenvalue weighted by Gasteiger charge is -2.66. The molecule has 0 radical (unpaired) electrons. The van der Waals surface area contributed by atoms with E-state index in [4.69, 9.17) is 28.4 Å². The number of hydrogen-bond acceptors (Lipinski definition) is 13. The first-order valence-electron chi connectivity index (χ1n) is 14.9. The molecular weight excluding hydrogens is 592 g/mol. The average Bonchev–Trinajstić information content (AvgIpc) is 3.10. The summed E-state index contributed by atoms with van der Waals surface area (Å²) in [5.41, 5.74) is -7.81. The van der Waals surface area contributed by atoms with E-state index in [1.807, 2.05) is 0 Å². The molecule has 3 fully saturated rings. The molecule has 13 heteroatoms. The van der Waals surface area contributed by atoms with Crippen molar-refractivity contribution in [1.29, 1.82) is 0 Å². The molecule has 1 spiro atoms. The molecule has 2 bridgehead atoms. The Hall–Kier alpha value is -3.55. The molecule has 9 atom stereocenters. The lowest BCUT2D eigenvalue weighted by molar-refractivity contribution is -0.363. The Morgan fingerprint density at radius 2 is 1.49 bits per heavy atom. The van der Waals surface area contributed by atoms with Crippen LogP contribution < -0.4 is 0 Å². The van der Waals surface area contributed by atoms with Gasteiger partial charge >= 0.3 is 29.8 Å². The molecule has 1 aromatic rings. The second-order valence-electron chi connectivity index (χ2n) is 13.1. The van der Waals surface area contributed by atoms with Gasteiger partial charge in [0.05, 0.1) is 34.7 Å². The third-order valence-corrected chi connectivity index (χ3v) is 9.17. The Labute approximate surface area is 261 Å². The van der Waals surface area contributed by atoms with E-state index in [1.165, 1.54) is 19.1 Å². The van der Waals surface area contributed by atoms with Crippen LogP contribution in [0, 0.1) is 17.3 Å². The van der Waals surface area contributed by atoms with Gasteiger partial charge in [-0.2, -0.15) is 0 Å². The van der Waals surface area contributed by atoms with Gasteiger partial charge in [0, 0.05) is 27.2 Å². The van der Waals surface area contributed by atoms with Crippen molar-refractivity contribution in [3.63, 3.8) is 0 Å². The predicted molar refractivity (Wildman–Crippen MR) is 153 cm³/mol. The first kappa shape index (κ1) is 34.3. The topological polar surface area (TPSA) is 181 Å². The van der Waals surface area contributed by atoms with Gasteiger partial charge in [0.2, 0.25) is 0 Å². The zero-order valence-electron chi connectivity index (χ0n) is 26.7. The van der Waals surface area contributed by atoms with E-state index in [2.05, 4.69) is 0 Å². The van der Waals surface area contributed by atoms with E-state index in [0.717, 1.165) is 20.8 Å². The van der Waals surface area contributed by atoms with E-state index >= 15 is 0 Å². The minimum Gasteiger partial charge on any atom is -0.465 e. The SMILES string of the molecule is CC(=O)OCC12C(OC(C)=O)C(OC(C)=O)CC(C)(O)C13OC(C)(C)C(C(OC(=O)C(C)C)C2OC(=O)c1ccccc1)C3O. The van der Waals surface area contributed by atoms with Crippen molar-refractivity contribution in [3.8, 4) is 0 Å². The molecule has 1 heterocycles. The van der Waals surface area contributed by atoms with Crippen LogP contribution in [0.25, 0.3) is 0 Å². The molecule has 0 amide bonds. The van der Waals surface area contributed by atoms with Gasteiger partial charge < -0.3 is 38.6 Å². The van der Waals surface area contributed by atoms with Crippen LogP contribution in [0.5, 0.6) is 0 Å². The Kier molecular flexibility index (Phi) is 9.15. The quantitative estimate of drug-likeness (QED) is 0.313. The Morgan fingerprint density at radius 1 is 0.889 bits per heavy atom. The second kappa shape index (κ2) is 12.0. The molecule has 13 nitrogen and oxygen atoms in total. The molecule has 0 aromatic heterocycles. The van der Waals surface area contributed by atoms with Crippen LogP contribution in [0.4, 0.5) is 0 Å². The summed E-state index contributed by atoms with van der Waals surface area (Å²) in [4.78, 5) is 64.6. The third kappa shape index (κ3) is 5.59. The maximum atomic E-state index is 13.8. The highest BCUT2D eigenvalue weighted by Gasteiger charge is 2.88. The molecule has 1 aromatic carbocycles. The lowest BCUT2D eigenvalue weighted by Crippen LogP contribution is -2.85. The highest BCUT2D eigenvalue weighted by molar-refractivity contribution is 5.89. The molecule has 4 rings (SSSR count). The highest BCUT2D eigenvalue weighted by Crippen LogP contribution is 2.69. The monoisotopic (exact) mass is 634 g/mol. The van der Waals surface area contributed by atoms with Crippen LogP contribution in [0.15, 0.2) is 30.3 Å². The number of aliphatic hydroxyl groups is 2. The number of benzene rings is 1. The van der Waals surface area contributed by atoms with Gasteiger partial charge in [-0.3, -0.25) is 19.2 Å². The summed E-state index contributed by atoms with van der Waals surface area (Å²) in [5.74, 6) is -5.87. The van der Waals surface area contributed by atoms with Crippen LogP contribution in [-0.4, -0.2) is 94.0 Å². The van der Waals surface area contributed by atoms with E-state index < -0.39 is 107 Å². The lowest BCUT2D eigenvalue weighted by atomic mass is 9.45. The van der Waals surface area contributed by atoms with Gasteiger partial charge in [-0.05, 0) is 32.9 Å². The number of aliphatic hydroxyl groups excluding tert-OH is 1. The van der Waals surface area contributed by atoms with Crippen LogP contribution in [0.3, 0.4) is 0 Å². The van der Waals surface area contributed by atoms with Crippen LogP contribution in [0.1, 0.15) is 72.2 Å². The Morgan fingerprint density at radius 3 is 2.02 bits per heavy atom. The number of rotatable bonds is 8. The van der Waals surface area contributed by atoms with Crippen LogP contribution in [-0.2, 0) is 47.6 Å². The first-order chi connectivity index (χ1) is 20.8. The number of esters is 5. The number of ether oxygens (including phenoxy) is 6. The molecule has 2 N–H and O–H groups in total. The summed E-state index contributed by atoms with van der Waals surface area (Å²) in [6, 6.07) is 7.87. The molecule has 9 unspecified atom stereocenters. The normalized spacial score (nSPS) is 36.3. The van der Waals surface area contributed by atoms with E-state index in [0.29, 0.717) is 0 Å². The van der Waals surface area contributed by atoms with Crippen molar-refractivity contribution in [1.82, 2.24) is 0 Å². The van der Waals surface area contributed by atoms with Crippen molar-refractivity contribution < 1.29 is 62.6 Å². The minimum atomic E-state index is -2.22. The van der Waals surface area contributed by atoms with Crippen LogP contribution in [0.2, 0.25) is 0 Å². The number of carbonyl (C=O) groups is 5. The van der Waals surface area contributed by atoms with Gasteiger partial charge in [0.1, 0.15) is 29.8 Å². The third-order valence-electron chi connectivity index (χ3n) is 9.17. The van der Waals surface area contributed by atoms with E-state index in [-0.39, 0.29) is 5.56 Å². The summed E-state index contributed by atoms with van der Waals surface area (Å²) in [6.45, 7) is 10.3. The van der Waals surface area contributed by atoms with Crippen LogP contribution >= 0.6 is 0 Å². The molecule has 2 aliphatic carbocycles. The largest absolute Gasteiger partial charge is 0.465 e. The van der Waals surface area contributed by atoms with Gasteiger partial charge in [0.25, 0.3) is 0 Å². The fourth-order valence-electron chi connectivity index (χ4n) is 7.60. The number of carbonyl (C=O) groups excluding carboxylic acids is 5. The zero-order valence-corrected chi connectivity index (χ0v) is 26.7. The number of fused-ring (bicyclic) bond motifs is 1. The van der Waals surface area contributed by atoms with Gasteiger partial charge in [-0.1, -0.05) is 32.0 Å². The molecular formula is C32H42O13. The Bertz CT molecular complexity index is 1340. The predicted octanol–water partition coefficient (Wildman–Crippen LogP) is 1.89. The van der Waals surface area contributed by atoms with Crippen molar-refractivity contribution in [2.24, 2.45) is 17.3 Å². The fraction of sp³-hybridized carbons (Fsp3) is 0.656. The molecule has 45 heavy (non-hydrogen) atoms. The van der Waals surface area contributed by atoms with Crippen molar-refractivity contribution in [2.45, 2.75) is 109 Å². The molecule has 3 aliphatic rings. The Balaban J connectivity index is 2.12. The van der Waals surface area contributed by atoms with Crippen molar-refractivity contribution >= 4 is 29.8 Å². The maximum Gasteiger partial charge on any atom is 0.338 e. The smallest absolute Gasteiger partial charge is 0.338 e. The average molecular weight is 635 g/mol. The fourth-order valence-corrected chi connectivity index (χ4v) is 7.60. The summed E-state index contributed by atoms with van der Waals surface area (Å²) in [5, 5.41) is 24.6. The standard InChI is InChI=1S/C32H42O13/c1-16(2)27(37)43-23-22-24(36)32(45-29(22,6)7)30(8,39)14-21(41-18(4)34)25(42-19(5)35)31(32,15-40-17(3)33)26(23)44-28(38)20-12-10-9-11-13-20/h9-13,16,21-26,36,39H,14-15H2,1-8H3. The van der Waals surface area contributed by atoms with Gasteiger partial charge in [0.15, 0.2) is 12.2 Å². The molecule has 1 saturated heterocycles. The van der Waals surface area contributed by atoms with Crippen molar-refractivity contribution in [3.05, 3.63) is 35.9 Å². The van der Waals surface area contributed by atoms with Crippen molar-refractivity contribution in [2.75, 3.05) is 6.61 Å². The molecule has 248 valence electrons. The number of hydrogen-bond donors (Lipinski definition) is 2. The van der Waals surface area contributed by atoms with Gasteiger partial charge in [-0.25, -0.2) is 4.79 Å². The maximum absolute atomic E-state index is 13.8. The zero-order chi connectivity index (χ0) is 33.7. The minimum absolute atomic E-state index is 0.102. The highest BCUT2D eigenvalue weighted by atomic mass is 16.6. The van der Waals surface area contributed by atoms with E-state index in [1.54, 1.807) is 45.9 Å². The summed E-state index contributed by atoms with van der Waals surface area (Å²) < 4.78 is 35.9. The molecule has 1 aliphatic heterocycles. The second-order valence-corrected chi connectivity index (χ2v) is 13.1. The van der Waals surface area contributed by atoms with Gasteiger partial charge in [-0.15, -0.1) is 0 Å². The van der Waals surface area contributed by atoms with E-state index in [9.17, 15) is 34.2 Å². The summed E-state index contributed by atoms with van der Waals surface area (Å²) >= 11 is 0. The summed E-state index contributed by atoms with van der Waals surface area (Å²) in [6.07, 6.45) is -8.34. The summed E-state index contributed by atoms with van der Waals surface area (Å²) in [7, 11) is 0. The first-order valence-corrected chi connectivity index (χ1v) is 14.9.